The molecule has 0 aliphatic heterocycles. The van der Waals surface area contributed by atoms with E-state index >= 15 is 0 Å². The van der Waals surface area contributed by atoms with Gasteiger partial charge in [0.2, 0.25) is 5.75 Å². The Labute approximate surface area is 87.2 Å². The molecule has 86 valence electrons. The van der Waals surface area contributed by atoms with E-state index in [1.165, 1.54) is 12.1 Å². The van der Waals surface area contributed by atoms with E-state index in [2.05, 4.69) is 4.74 Å². The van der Waals surface area contributed by atoms with Gasteiger partial charge in [0.05, 0.1) is 4.92 Å². The van der Waals surface area contributed by atoms with E-state index < -0.39 is 28.4 Å². The molecule has 1 aromatic carbocycles. The van der Waals surface area contributed by atoms with Crippen molar-refractivity contribution in [2.24, 2.45) is 0 Å². The molecule has 0 fully saturated rings. The largest absolute Gasteiger partial charge is 0.502 e. The summed E-state index contributed by atoms with van der Waals surface area (Å²) in [5, 5.41) is 18.5. The molecular weight excluding hydrogens is 228 g/mol. The number of nitro benzene ring substituents is 1. The second-order valence-corrected chi connectivity index (χ2v) is 2.65. The number of hydrogen-bond acceptors (Lipinski definition) is 4. The maximum atomic E-state index is 12.6. The van der Waals surface area contributed by atoms with Crippen LogP contribution in [0.4, 0.5) is 14.5 Å². The van der Waals surface area contributed by atoms with Crippen molar-refractivity contribution in [3.8, 4) is 5.75 Å². The fourth-order valence-corrected chi connectivity index (χ4v) is 0.876. The molecule has 0 aliphatic rings. The van der Waals surface area contributed by atoms with Crippen LogP contribution in [-0.4, -0.2) is 22.1 Å². The highest BCUT2D eigenvalue weighted by atomic mass is 19.3. The lowest BCUT2D eigenvalue weighted by atomic mass is 10.3. The van der Waals surface area contributed by atoms with Gasteiger partial charge in [-0.1, -0.05) is 12.1 Å². The minimum Gasteiger partial charge on any atom is -0.474 e. The Balaban J connectivity index is 3.06. The second-order valence-electron chi connectivity index (χ2n) is 2.65. The minimum atomic E-state index is -4.51. The van der Waals surface area contributed by atoms with Crippen LogP contribution in [0.2, 0.25) is 0 Å². The molecule has 1 N–H and O–H groups in total. The van der Waals surface area contributed by atoms with Gasteiger partial charge in [-0.3, -0.25) is 10.1 Å². The van der Waals surface area contributed by atoms with E-state index in [1.54, 1.807) is 0 Å². The zero-order chi connectivity index (χ0) is 12.3. The average molecular weight is 233 g/mol. The summed E-state index contributed by atoms with van der Waals surface area (Å²) in [6, 6.07) is 4.26. The van der Waals surface area contributed by atoms with Crippen molar-refractivity contribution in [2.45, 2.75) is 6.11 Å². The molecule has 0 bridgehead atoms. The molecule has 6 nitrogen and oxygen atoms in total. The van der Waals surface area contributed by atoms with Gasteiger partial charge in [0, 0.05) is 6.07 Å². The number of benzene rings is 1. The average Bonchev–Trinajstić information content (AvgIpc) is 2.17. The van der Waals surface area contributed by atoms with Crippen molar-refractivity contribution in [1.82, 2.24) is 0 Å². The van der Waals surface area contributed by atoms with Gasteiger partial charge < -0.3 is 9.84 Å². The molecule has 16 heavy (non-hydrogen) atoms. The van der Waals surface area contributed by atoms with Gasteiger partial charge in [0.1, 0.15) is 0 Å². The molecule has 0 atom stereocenters. The van der Waals surface area contributed by atoms with Crippen LogP contribution in [0.1, 0.15) is 0 Å². The predicted molar refractivity (Wildman–Crippen MR) is 46.3 cm³/mol. The standard InChI is InChI=1S/C8H5F2NO5/c9-8(10,7(12)13)16-6-4-2-1-3-5(6)11(14)15/h1-4H,(H,12,13). The van der Waals surface area contributed by atoms with E-state index in [9.17, 15) is 23.7 Å². The summed E-state index contributed by atoms with van der Waals surface area (Å²) < 4.78 is 29.0. The number of carboxylic acid groups (broad SMARTS) is 1. The zero-order valence-corrected chi connectivity index (χ0v) is 7.59. The fraction of sp³-hybridized carbons (Fsp3) is 0.125. The Hall–Kier alpha value is -2.25. The molecule has 1 aromatic rings. The number of carbonyl (C=O) groups is 1. The lowest BCUT2D eigenvalue weighted by molar-refractivity contribution is -0.387. The second kappa shape index (κ2) is 4.09. The first-order valence-electron chi connectivity index (χ1n) is 3.88. The van der Waals surface area contributed by atoms with Crippen molar-refractivity contribution < 1.29 is 28.3 Å². The monoisotopic (exact) mass is 233 g/mol. The highest BCUT2D eigenvalue weighted by Crippen LogP contribution is 2.30. The topological polar surface area (TPSA) is 89.7 Å². The number of halogens is 2. The van der Waals surface area contributed by atoms with E-state index in [0.29, 0.717) is 0 Å². The number of aliphatic carboxylic acids is 1. The van der Waals surface area contributed by atoms with Gasteiger partial charge in [-0.15, -0.1) is 0 Å². The van der Waals surface area contributed by atoms with Crippen molar-refractivity contribution in [2.75, 3.05) is 0 Å². The molecule has 8 heteroatoms. The smallest absolute Gasteiger partial charge is 0.474 e. The first kappa shape index (κ1) is 11.8. The Morgan fingerprint density at radius 3 is 2.50 bits per heavy atom. The van der Waals surface area contributed by atoms with Crippen LogP contribution in [0.15, 0.2) is 24.3 Å². The lowest BCUT2D eigenvalue weighted by Gasteiger charge is -2.12. The van der Waals surface area contributed by atoms with Crippen LogP contribution >= 0.6 is 0 Å². The van der Waals surface area contributed by atoms with Crippen molar-refractivity contribution in [1.29, 1.82) is 0 Å². The fourth-order valence-electron chi connectivity index (χ4n) is 0.876. The molecule has 0 spiro atoms. The number of nitro groups is 1. The SMILES string of the molecule is O=C(O)C(F)(F)Oc1ccccc1[N+](=O)[O-]. The Morgan fingerprint density at radius 2 is 2.00 bits per heavy atom. The third-order valence-electron chi connectivity index (χ3n) is 1.55. The predicted octanol–water partition coefficient (Wildman–Crippen LogP) is 1.65. The highest BCUT2D eigenvalue weighted by molar-refractivity contribution is 5.74. The maximum absolute atomic E-state index is 12.6. The Kier molecular flexibility index (Phi) is 3.02. The van der Waals surface area contributed by atoms with Gasteiger partial charge in [-0.05, 0) is 6.07 Å². The molecule has 0 saturated carbocycles. The number of rotatable bonds is 4. The van der Waals surface area contributed by atoms with Crippen LogP contribution in [0.25, 0.3) is 0 Å². The summed E-state index contributed by atoms with van der Waals surface area (Å²) in [5.41, 5.74) is -0.733. The third-order valence-corrected chi connectivity index (χ3v) is 1.55. The zero-order valence-electron chi connectivity index (χ0n) is 7.59. The molecule has 0 heterocycles. The van der Waals surface area contributed by atoms with Crippen LogP contribution < -0.4 is 4.74 Å². The van der Waals surface area contributed by atoms with Crippen molar-refractivity contribution in [3.63, 3.8) is 0 Å². The molecule has 0 radical (unpaired) electrons. The normalized spacial score (nSPS) is 10.9. The van der Waals surface area contributed by atoms with Gasteiger partial charge in [-0.25, -0.2) is 4.79 Å². The van der Waals surface area contributed by atoms with E-state index in [-0.39, 0.29) is 0 Å². The van der Waals surface area contributed by atoms with E-state index in [0.717, 1.165) is 12.1 Å². The Morgan fingerprint density at radius 1 is 1.44 bits per heavy atom. The van der Waals surface area contributed by atoms with Crippen LogP contribution in [0.3, 0.4) is 0 Å². The van der Waals surface area contributed by atoms with Gasteiger partial charge in [0.25, 0.3) is 0 Å². The highest BCUT2D eigenvalue weighted by Gasteiger charge is 2.43. The Bertz CT molecular complexity index is 434. The van der Waals surface area contributed by atoms with E-state index in [1.807, 2.05) is 0 Å². The summed E-state index contributed by atoms with van der Waals surface area (Å²) >= 11 is 0. The molecule has 0 amide bonds. The van der Waals surface area contributed by atoms with Crippen molar-refractivity contribution in [3.05, 3.63) is 34.4 Å². The lowest BCUT2D eigenvalue weighted by Crippen LogP contribution is -2.34. The molecule has 0 aromatic heterocycles. The van der Waals surface area contributed by atoms with Gasteiger partial charge >= 0.3 is 17.8 Å². The maximum Gasteiger partial charge on any atom is 0.502 e. The number of hydrogen-bond donors (Lipinski definition) is 1. The first-order chi connectivity index (χ1) is 7.34. The molecular formula is C8H5F2NO5. The number of ether oxygens (including phenoxy) is 1. The van der Waals surface area contributed by atoms with Crippen LogP contribution in [-0.2, 0) is 4.79 Å². The summed E-state index contributed by atoms with van der Waals surface area (Å²) in [7, 11) is 0. The first-order valence-corrected chi connectivity index (χ1v) is 3.88. The quantitative estimate of drug-likeness (QED) is 0.630. The molecule has 0 aliphatic carbocycles. The third kappa shape index (κ3) is 2.41. The summed E-state index contributed by atoms with van der Waals surface area (Å²) in [6.07, 6.45) is -4.51. The van der Waals surface area contributed by atoms with Crippen LogP contribution in [0, 0.1) is 10.1 Å². The summed E-state index contributed by atoms with van der Waals surface area (Å²) in [4.78, 5) is 19.5. The summed E-state index contributed by atoms with van der Waals surface area (Å²) in [6.45, 7) is 0. The summed E-state index contributed by atoms with van der Waals surface area (Å²) in [5.74, 6) is -3.33. The number of carboxylic acids is 1. The van der Waals surface area contributed by atoms with Gasteiger partial charge in [0.15, 0.2) is 0 Å². The van der Waals surface area contributed by atoms with E-state index in [4.69, 9.17) is 5.11 Å². The number of nitrogens with zero attached hydrogens (tertiary/aromatic N) is 1. The van der Waals surface area contributed by atoms with Crippen molar-refractivity contribution >= 4 is 11.7 Å². The number of para-hydroxylation sites is 2. The minimum absolute atomic E-state index is 0.733. The van der Waals surface area contributed by atoms with Crippen LogP contribution in [0.5, 0.6) is 5.75 Å². The number of alkyl halides is 2. The molecule has 0 unspecified atom stereocenters. The molecule has 1 rings (SSSR count). The van der Waals surface area contributed by atoms with Gasteiger partial charge in [-0.2, -0.15) is 8.78 Å². The molecule has 0 saturated heterocycles.